The van der Waals surface area contributed by atoms with Gasteiger partial charge in [0.15, 0.2) is 0 Å². The molecule has 2 atom stereocenters. The largest absolute Gasteiger partial charge is 0.469 e. The second-order valence-electron chi connectivity index (χ2n) is 7.09. The number of azide groups is 1. The van der Waals surface area contributed by atoms with Crippen LogP contribution in [0.4, 0.5) is 4.79 Å². The van der Waals surface area contributed by atoms with Crippen LogP contribution in [-0.4, -0.2) is 43.3 Å². The Labute approximate surface area is 169 Å². The third-order valence-electron chi connectivity index (χ3n) is 3.66. The molecule has 0 bridgehead atoms. The second-order valence-corrected chi connectivity index (χ2v) is 7.09. The van der Waals surface area contributed by atoms with Gasteiger partial charge in [-0.2, -0.15) is 0 Å². The van der Waals surface area contributed by atoms with Crippen molar-refractivity contribution in [3.8, 4) is 0 Å². The lowest BCUT2D eigenvalue weighted by atomic mass is 9.96. The molecule has 0 saturated carbocycles. The van der Waals surface area contributed by atoms with E-state index in [-0.39, 0.29) is 19.6 Å². The molecule has 1 amide bonds. The fourth-order valence-corrected chi connectivity index (χ4v) is 2.39. The maximum atomic E-state index is 12.7. The maximum Gasteiger partial charge on any atom is 0.408 e. The molecular formula is C19H26N4O6. The highest BCUT2D eigenvalue weighted by Gasteiger charge is 2.37. The van der Waals surface area contributed by atoms with Crippen LogP contribution in [0.5, 0.6) is 0 Å². The standard InChI is InChI=1S/C19H26N4O6/c1-19(2,3)29-18(26)22-15(14(16(24)27-4)10-11-21-23-20)17(25)28-12-13-8-6-5-7-9-13/h5-9,14-15H,10-12H2,1-4H3,(H,22,26)/t14-,15-/m0/s1. The van der Waals surface area contributed by atoms with Crippen molar-refractivity contribution in [2.24, 2.45) is 11.0 Å². The molecule has 1 N–H and O–H groups in total. The van der Waals surface area contributed by atoms with Crippen LogP contribution in [0.3, 0.4) is 0 Å². The Morgan fingerprint density at radius 3 is 2.38 bits per heavy atom. The van der Waals surface area contributed by atoms with E-state index >= 15 is 0 Å². The van der Waals surface area contributed by atoms with Crippen molar-refractivity contribution in [2.45, 2.75) is 45.4 Å². The number of esters is 2. The van der Waals surface area contributed by atoms with E-state index in [1.54, 1.807) is 45.0 Å². The number of alkyl carbamates (subject to hydrolysis) is 1. The Morgan fingerprint density at radius 1 is 1.17 bits per heavy atom. The summed E-state index contributed by atoms with van der Waals surface area (Å²) in [6.45, 7) is 4.86. The van der Waals surface area contributed by atoms with E-state index in [2.05, 4.69) is 15.3 Å². The SMILES string of the molecule is COC(=O)[C@@H](CCN=[N+]=[N-])[C@H](NC(=O)OC(C)(C)C)C(=O)OCc1ccccc1. The summed E-state index contributed by atoms with van der Waals surface area (Å²) in [4.78, 5) is 39.8. The number of rotatable bonds is 9. The van der Waals surface area contributed by atoms with E-state index in [1.807, 2.05) is 6.07 Å². The van der Waals surface area contributed by atoms with Crippen molar-refractivity contribution in [2.75, 3.05) is 13.7 Å². The average molecular weight is 406 g/mol. The topological polar surface area (TPSA) is 140 Å². The molecule has 29 heavy (non-hydrogen) atoms. The third kappa shape index (κ3) is 8.98. The van der Waals surface area contributed by atoms with Crippen molar-refractivity contribution in [3.05, 3.63) is 46.3 Å². The highest BCUT2D eigenvalue weighted by atomic mass is 16.6. The fourth-order valence-electron chi connectivity index (χ4n) is 2.39. The van der Waals surface area contributed by atoms with Gasteiger partial charge in [-0.05, 0) is 38.3 Å². The normalized spacial score (nSPS) is 12.7. The van der Waals surface area contributed by atoms with Crippen LogP contribution in [0.15, 0.2) is 35.4 Å². The van der Waals surface area contributed by atoms with E-state index < -0.39 is 35.6 Å². The summed E-state index contributed by atoms with van der Waals surface area (Å²) in [5.74, 6) is -2.71. The quantitative estimate of drug-likeness (QED) is 0.220. The van der Waals surface area contributed by atoms with Crippen molar-refractivity contribution < 1.29 is 28.6 Å². The van der Waals surface area contributed by atoms with Crippen molar-refractivity contribution in [3.63, 3.8) is 0 Å². The number of nitrogens with zero attached hydrogens (tertiary/aromatic N) is 3. The van der Waals surface area contributed by atoms with Gasteiger partial charge in [-0.1, -0.05) is 35.4 Å². The maximum absolute atomic E-state index is 12.7. The molecule has 0 saturated heterocycles. The highest BCUT2D eigenvalue weighted by molar-refractivity contribution is 5.87. The van der Waals surface area contributed by atoms with Crippen LogP contribution in [0.2, 0.25) is 0 Å². The second kappa shape index (κ2) is 11.6. The Bertz CT molecular complexity index is 741. The molecule has 0 unspecified atom stereocenters. The van der Waals surface area contributed by atoms with E-state index in [4.69, 9.17) is 19.7 Å². The smallest absolute Gasteiger partial charge is 0.408 e. The summed E-state index contributed by atoms with van der Waals surface area (Å²) in [6.07, 6.45) is -0.922. The first-order valence-electron chi connectivity index (χ1n) is 8.96. The van der Waals surface area contributed by atoms with Crippen LogP contribution < -0.4 is 5.32 Å². The van der Waals surface area contributed by atoms with Gasteiger partial charge in [0.05, 0.1) is 13.0 Å². The molecule has 0 radical (unpaired) electrons. The molecule has 0 heterocycles. The Hall–Kier alpha value is -3.26. The molecular weight excluding hydrogens is 380 g/mol. The van der Waals surface area contributed by atoms with Crippen LogP contribution in [0.1, 0.15) is 32.8 Å². The van der Waals surface area contributed by atoms with Crippen molar-refractivity contribution >= 4 is 18.0 Å². The number of hydrogen-bond acceptors (Lipinski definition) is 7. The predicted octanol–water partition coefficient (Wildman–Crippen LogP) is 3.11. The lowest BCUT2D eigenvalue weighted by molar-refractivity contribution is -0.157. The molecule has 0 aromatic heterocycles. The predicted molar refractivity (Wildman–Crippen MR) is 104 cm³/mol. The first-order valence-corrected chi connectivity index (χ1v) is 8.96. The van der Waals surface area contributed by atoms with E-state index in [1.165, 1.54) is 0 Å². The van der Waals surface area contributed by atoms with E-state index in [0.29, 0.717) is 0 Å². The van der Waals surface area contributed by atoms with Gasteiger partial charge in [-0.3, -0.25) is 4.79 Å². The number of carbonyl (C=O) groups is 3. The number of ether oxygens (including phenoxy) is 3. The summed E-state index contributed by atoms with van der Waals surface area (Å²) in [7, 11) is 1.16. The minimum Gasteiger partial charge on any atom is -0.469 e. The van der Waals surface area contributed by atoms with Gasteiger partial charge in [-0.25, -0.2) is 9.59 Å². The molecule has 10 nitrogen and oxygen atoms in total. The van der Waals surface area contributed by atoms with Gasteiger partial charge in [0.1, 0.15) is 18.2 Å². The number of methoxy groups -OCH3 is 1. The Balaban J connectivity index is 3.02. The van der Waals surface area contributed by atoms with Crippen LogP contribution in [0.25, 0.3) is 10.4 Å². The molecule has 0 aliphatic carbocycles. The first kappa shape index (κ1) is 23.8. The fraction of sp³-hybridized carbons (Fsp3) is 0.526. The number of benzene rings is 1. The highest BCUT2D eigenvalue weighted by Crippen LogP contribution is 2.16. The zero-order valence-electron chi connectivity index (χ0n) is 17.0. The Kier molecular flexibility index (Phi) is 9.47. The zero-order valence-corrected chi connectivity index (χ0v) is 17.0. The summed E-state index contributed by atoms with van der Waals surface area (Å²) in [5, 5.41) is 5.76. The van der Waals surface area contributed by atoms with Gasteiger partial charge in [-0.15, -0.1) is 0 Å². The van der Waals surface area contributed by atoms with Crippen molar-refractivity contribution in [1.82, 2.24) is 5.32 Å². The van der Waals surface area contributed by atoms with E-state index in [9.17, 15) is 14.4 Å². The Morgan fingerprint density at radius 2 is 1.83 bits per heavy atom. The summed E-state index contributed by atoms with van der Waals surface area (Å²) >= 11 is 0. The average Bonchev–Trinajstić information content (AvgIpc) is 2.67. The number of hydrogen-bond donors (Lipinski definition) is 1. The van der Waals surface area contributed by atoms with Crippen molar-refractivity contribution in [1.29, 1.82) is 0 Å². The summed E-state index contributed by atoms with van der Waals surface area (Å²) in [6, 6.07) is 7.55. The van der Waals surface area contributed by atoms with Crippen LogP contribution in [0, 0.1) is 5.92 Å². The first-order chi connectivity index (χ1) is 13.7. The molecule has 0 aliphatic heterocycles. The number of carbonyl (C=O) groups excluding carboxylic acids is 3. The minimum atomic E-state index is -1.38. The van der Waals surface area contributed by atoms with Gasteiger partial charge < -0.3 is 19.5 Å². The minimum absolute atomic E-state index is 0.0301. The molecule has 0 spiro atoms. The number of nitrogens with one attached hydrogen (secondary N) is 1. The summed E-state index contributed by atoms with van der Waals surface area (Å²) in [5.41, 5.74) is 8.39. The molecule has 0 aliphatic rings. The molecule has 1 rings (SSSR count). The lowest BCUT2D eigenvalue weighted by Gasteiger charge is -2.26. The number of amides is 1. The van der Waals surface area contributed by atoms with Crippen LogP contribution >= 0.6 is 0 Å². The zero-order chi connectivity index (χ0) is 21.9. The molecule has 1 aromatic carbocycles. The van der Waals surface area contributed by atoms with Gasteiger partial charge >= 0.3 is 18.0 Å². The summed E-state index contributed by atoms with van der Waals surface area (Å²) < 4.78 is 15.2. The molecule has 1 aromatic rings. The molecule has 0 fully saturated rings. The monoisotopic (exact) mass is 406 g/mol. The van der Waals surface area contributed by atoms with Gasteiger partial charge in [0, 0.05) is 11.5 Å². The van der Waals surface area contributed by atoms with E-state index in [0.717, 1.165) is 12.7 Å². The molecule has 10 heteroatoms. The van der Waals surface area contributed by atoms with Crippen LogP contribution in [-0.2, 0) is 30.4 Å². The van der Waals surface area contributed by atoms with Gasteiger partial charge in [0.25, 0.3) is 0 Å². The molecule has 158 valence electrons. The lowest BCUT2D eigenvalue weighted by Crippen LogP contribution is -2.51. The van der Waals surface area contributed by atoms with Gasteiger partial charge in [0.2, 0.25) is 0 Å². The third-order valence-corrected chi connectivity index (χ3v) is 3.66.